The van der Waals surface area contributed by atoms with E-state index in [2.05, 4.69) is 16.0 Å². The second kappa shape index (κ2) is 9.64. The van der Waals surface area contributed by atoms with Crippen LogP contribution in [-0.2, 0) is 4.79 Å². The van der Waals surface area contributed by atoms with E-state index in [0.29, 0.717) is 30.4 Å². The summed E-state index contributed by atoms with van der Waals surface area (Å²) in [6, 6.07) is 7.13. The van der Waals surface area contributed by atoms with E-state index < -0.39 is 4.92 Å². The molecule has 4 atom stereocenters. The summed E-state index contributed by atoms with van der Waals surface area (Å²) in [7, 11) is 0. The Kier molecular flexibility index (Phi) is 6.70. The number of quaternary nitrogens is 1. The van der Waals surface area contributed by atoms with Crippen LogP contribution >= 0.6 is 0 Å². The van der Waals surface area contributed by atoms with Gasteiger partial charge in [-0.1, -0.05) is 25.3 Å². The van der Waals surface area contributed by atoms with Crippen LogP contribution in [-0.4, -0.2) is 47.6 Å². The molecule has 2 aliphatic heterocycles. The zero-order valence-corrected chi connectivity index (χ0v) is 17.8. The van der Waals surface area contributed by atoms with Gasteiger partial charge in [0.1, 0.15) is 0 Å². The van der Waals surface area contributed by atoms with Gasteiger partial charge in [-0.2, -0.15) is 0 Å². The number of nitrogens with one attached hydrogen (secondary N) is 4. The van der Waals surface area contributed by atoms with Crippen molar-refractivity contribution in [1.82, 2.24) is 10.6 Å². The monoisotopic (exact) mass is 430 g/mol. The topological polar surface area (TPSA) is 118 Å². The molecule has 2 saturated heterocycles. The molecule has 2 heterocycles. The van der Waals surface area contributed by atoms with Crippen molar-refractivity contribution < 1.29 is 19.4 Å². The minimum Gasteiger partial charge on any atom is -0.335 e. The molecule has 31 heavy (non-hydrogen) atoms. The number of carbonyl (C=O) groups is 2. The van der Waals surface area contributed by atoms with Crippen molar-refractivity contribution in [1.29, 1.82) is 0 Å². The Morgan fingerprint density at radius 3 is 2.35 bits per heavy atom. The molecule has 1 saturated carbocycles. The zero-order chi connectivity index (χ0) is 21.8. The van der Waals surface area contributed by atoms with Gasteiger partial charge in [0.15, 0.2) is 6.54 Å². The molecule has 168 valence electrons. The molecule has 9 nitrogen and oxygen atoms in total. The standard InChI is InChI=1S/C22H31N5O4/c28-21(23-16-7-4-8-20(11-16)27(30)31)14-26-18-9-10-19(26)13-17(12-18)25-22(29)24-15-5-2-1-3-6-15/h4,7-8,11,15,17-19H,1-3,5-6,9-10,12-14H2,(H,23,28)(H2,24,25,29)/p+1/t17?,18-,19+. The van der Waals surface area contributed by atoms with Gasteiger partial charge in [-0.25, -0.2) is 4.79 Å². The molecule has 1 aromatic carbocycles. The van der Waals surface area contributed by atoms with Gasteiger partial charge < -0.3 is 20.9 Å². The van der Waals surface area contributed by atoms with E-state index in [9.17, 15) is 19.7 Å². The summed E-state index contributed by atoms with van der Waals surface area (Å²) in [5, 5.41) is 20.0. The number of piperidine rings is 1. The number of hydrogen-bond donors (Lipinski definition) is 4. The number of nitrogens with zero attached hydrogens (tertiary/aromatic N) is 1. The highest BCUT2D eigenvalue weighted by molar-refractivity contribution is 5.91. The summed E-state index contributed by atoms with van der Waals surface area (Å²) in [6.07, 6.45) is 9.67. The summed E-state index contributed by atoms with van der Waals surface area (Å²) in [6.45, 7) is 0.346. The molecule has 9 heteroatoms. The van der Waals surface area contributed by atoms with Crippen LogP contribution in [0.15, 0.2) is 24.3 Å². The minimum atomic E-state index is -0.469. The predicted octanol–water partition coefficient (Wildman–Crippen LogP) is 1.74. The van der Waals surface area contributed by atoms with Crippen LogP contribution in [0.2, 0.25) is 0 Å². The zero-order valence-electron chi connectivity index (χ0n) is 17.8. The molecule has 2 bridgehead atoms. The Morgan fingerprint density at radius 2 is 1.68 bits per heavy atom. The van der Waals surface area contributed by atoms with Crippen molar-refractivity contribution in [3.05, 3.63) is 34.4 Å². The highest BCUT2D eigenvalue weighted by atomic mass is 16.6. The first-order valence-electron chi connectivity index (χ1n) is 11.4. The fraction of sp³-hybridized carbons (Fsp3) is 0.636. The van der Waals surface area contributed by atoms with Crippen LogP contribution in [0.5, 0.6) is 0 Å². The smallest absolute Gasteiger partial charge is 0.315 e. The van der Waals surface area contributed by atoms with Crippen LogP contribution in [0.1, 0.15) is 57.8 Å². The molecular weight excluding hydrogens is 398 g/mol. The second-order valence-electron chi connectivity index (χ2n) is 9.20. The van der Waals surface area contributed by atoms with Gasteiger partial charge >= 0.3 is 6.03 Å². The van der Waals surface area contributed by atoms with Crippen LogP contribution < -0.4 is 20.9 Å². The third kappa shape index (κ3) is 5.52. The summed E-state index contributed by atoms with van der Waals surface area (Å²) >= 11 is 0. The van der Waals surface area contributed by atoms with Crippen LogP contribution in [0.3, 0.4) is 0 Å². The second-order valence-corrected chi connectivity index (χ2v) is 9.20. The summed E-state index contributed by atoms with van der Waals surface area (Å²) < 4.78 is 0. The largest absolute Gasteiger partial charge is 0.335 e. The quantitative estimate of drug-likeness (QED) is 0.406. The molecule has 3 aliphatic rings. The molecule has 3 amide bonds. The van der Waals surface area contributed by atoms with Gasteiger partial charge in [-0.05, 0) is 18.9 Å². The molecule has 4 N–H and O–H groups in total. The van der Waals surface area contributed by atoms with E-state index >= 15 is 0 Å². The van der Waals surface area contributed by atoms with Crippen molar-refractivity contribution in [2.45, 2.75) is 82.0 Å². The lowest BCUT2D eigenvalue weighted by Crippen LogP contribution is -3.19. The fourth-order valence-corrected chi connectivity index (χ4v) is 5.58. The first-order chi connectivity index (χ1) is 15.0. The number of amides is 3. The summed E-state index contributed by atoms with van der Waals surface area (Å²) in [4.78, 5) is 36.7. The number of benzene rings is 1. The maximum atomic E-state index is 12.6. The van der Waals surface area contributed by atoms with Gasteiger partial charge in [0.2, 0.25) is 0 Å². The summed E-state index contributed by atoms with van der Waals surface area (Å²) in [5.74, 6) is -0.131. The number of anilines is 1. The highest BCUT2D eigenvalue weighted by Gasteiger charge is 2.45. The normalized spacial score (nSPS) is 28.0. The Morgan fingerprint density at radius 1 is 1.00 bits per heavy atom. The van der Waals surface area contributed by atoms with Crippen molar-refractivity contribution in [2.75, 3.05) is 11.9 Å². The first-order valence-corrected chi connectivity index (χ1v) is 11.4. The van der Waals surface area contributed by atoms with Crippen LogP contribution in [0.25, 0.3) is 0 Å². The maximum Gasteiger partial charge on any atom is 0.315 e. The van der Waals surface area contributed by atoms with Gasteiger partial charge in [0, 0.05) is 55.6 Å². The highest BCUT2D eigenvalue weighted by Crippen LogP contribution is 2.23. The van der Waals surface area contributed by atoms with Gasteiger partial charge in [0.25, 0.3) is 11.6 Å². The Labute approximate surface area is 182 Å². The number of fused-ring (bicyclic) bond motifs is 2. The molecule has 0 aromatic heterocycles. The van der Waals surface area contributed by atoms with Gasteiger partial charge in [0.05, 0.1) is 17.0 Å². The minimum absolute atomic E-state index is 0.0383. The fourth-order valence-electron chi connectivity index (χ4n) is 5.58. The van der Waals surface area contributed by atoms with E-state index in [-0.39, 0.29) is 23.7 Å². The number of rotatable bonds is 6. The average molecular weight is 431 g/mol. The molecule has 0 spiro atoms. The molecular formula is C22H32N5O4+. The Hall–Kier alpha value is -2.68. The lowest BCUT2D eigenvalue weighted by Gasteiger charge is -2.36. The lowest BCUT2D eigenvalue weighted by molar-refractivity contribution is -0.933. The Bertz CT molecular complexity index is 812. The maximum absolute atomic E-state index is 12.6. The van der Waals surface area contributed by atoms with E-state index in [0.717, 1.165) is 38.5 Å². The number of urea groups is 1. The lowest BCUT2D eigenvalue weighted by atomic mass is 9.95. The molecule has 0 radical (unpaired) electrons. The summed E-state index contributed by atoms with van der Waals surface area (Å²) in [5.41, 5.74) is 0.408. The van der Waals surface area contributed by atoms with E-state index in [1.807, 2.05) is 0 Å². The van der Waals surface area contributed by atoms with Gasteiger partial charge in [-0.3, -0.25) is 14.9 Å². The van der Waals surface area contributed by atoms with Crippen LogP contribution in [0, 0.1) is 10.1 Å². The number of non-ortho nitro benzene ring substituents is 1. The molecule has 2 unspecified atom stereocenters. The van der Waals surface area contributed by atoms with E-state index in [1.165, 1.54) is 36.3 Å². The first kappa shape index (κ1) is 21.5. The Balaban J connectivity index is 1.26. The van der Waals surface area contributed by atoms with E-state index in [1.54, 1.807) is 12.1 Å². The average Bonchev–Trinajstić information content (AvgIpc) is 2.96. The number of hydrogen-bond acceptors (Lipinski definition) is 4. The third-order valence-corrected chi connectivity index (χ3v) is 7.03. The van der Waals surface area contributed by atoms with Crippen LogP contribution in [0.4, 0.5) is 16.2 Å². The van der Waals surface area contributed by atoms with Crippen molar-refractivity contribution in [3.63, 3.8) is 0 Å². The SMILES string of the molecule is O=C(C[NH+]1[C@@H]2CC[C@H]1CC(NC(=O)NC1CCCCC1)C2)Nc1cccc([N+](=O)[O-])c1. The molecule has 3 fully saturated rings. The molecule has 4 rings (SSSR count). The van der Waals surface area contributed by atoms with Crippen molar-refractivity contribution in [3.8, 4) is 0 Å². The molecule has 1 aromatic rings. The number of nitro groups is 1. The number of carbonyl (C=O) groups excluding carboxylic acids is 2. The van der Waals surface area contributed by atoms with Crippen molar-refractivity contribution >= 4 is 23.3 Å². The number of nitro benzene ring substituents is 1. The molecule has 1 aliphatic carbocycles. The van der Waals surface area contributed by atoms with Crippen molar-refractivity contribution in [2.24, 2.45) is 0 Å². The van der Waals surface area contributed by atoms with Gasteiger partial charge in [-0.15, -0.1) is 0 Å². The third-order valence-electron chi connectivity index (χ3n) is 7.03. The predicted molar refractivity (Wildman–Crippen MR) is 116 cm³/mol. The van der Waals surface area contributed by atoms with E-state index in [4.69, 9.17) is 0 Å².